The van der Waals surface area contributed by atoms with E-state index in [9.17, 15) is 0 Å². The van der Waals surface area contributed by atoms with Crippen molar-refractivity contribution in [2.45, 2.75) is 38.5 Å². The van der Waals surface area contributed by atoms with E-state index in [1.807, 2.05) is 22.9 Å². The van der Waals surface area contributed by atoms with Crippen LogP contribution in [0.5, 0.6) is 11.5 Å². The summed E-state index contributed by atoms with van der Waals surface area (Å²) in [5.74, 6) is 1.57. The summed E-state index contributed by atoms with van der Waals surface area (Å²) in [4.78, 5) is 2.34. The summed E-state index contributed by atoms with van der Waals surface area (Å²) >= 11 is 0. The van der Waals surface area contributed by atoms with Gasteiger partial charge in [0.05, 0.1) is 18.3 Å². The molecule has 0 amide bonds. The molecule has 0 N–H and O–H groups in total. The molecule has 6 nitrogen and oxygen atoms in total. The minimum atomic E-state index is 0.276. The first kappa shape index (κ1) is 20.1. The quantitative estimate of drug-likeness (QED) is 0.571. The molecular weight excluding hydrogens is 390 g/mol. The summed E-state index contributed by atoms with van der Waals surface area (Å²) in [5.41, 5.74) is 4.48. The van der Waals surface area contributed by atoms with Crippen LogP contribution in [0.25, 0.3) is 11.3 Å². The molecule has 1 saturated heterocycles. The molecule has 0 saturated carbocycles. The number of ether oxygens (including phenoxy) is 3. The highest BCUT2D eigenvalue weighted by molar-refractivity contribution is 5.67. The molecule has 2 aliphatic heterocycles. The maximum atomic E-state index is 5.94. The van der Waals surface area contributed by atoms with Crippen LogP contribution in [0.3, 0.4) is 0 Å². The zero-order valence-corrected chi connectivity index (χ0v) is 18.0. The maximum Gasteiger partial charge on any atom is 0.231 e. The largest absolute Gasteiger partial charge is 0.454 e. The van der Waals surface area contributed by atoms with Gasteiger partial charge in [0.25, 0.3) is 0 Å². The Kier molecular flexibility index (Phi) is 5.91. The van der Waals surface area contributed by atoms with E-state index < -0.39 is 0 Å². The van der Waals surface area contributed by atoms with Crippen molar-refractivity contribution in [2.24, 2.45) is 0 Å². The first-order valence-electron chi connectivity index (χ1n) is 11.0. The highest BCUT2D eigenvalue weighted by atomic mass is 16.7. The Morgan fingerprint density at radius 3 is 2.77 bits per heavy atom. The third-order valence-electron chi connectivity index (χ3n) is 5.90. The minimum Gasteiger partial charge on any atom is -0.454 e. The second kappa shape index (κ2) is 9.12. The van der Waals surface area contributed by atoms with Crippen LogP contribution in [0.15, 0.2) is 54.7 Å². The molecule has 5 rings (SSSR count). The van der Waals surface area contributed by atoms with E-state index in [2.05, 4.69) is 48.5 Å². The van der Waals surface area contributed by atoms with Gasteiger partial charge in [-0.1, -0.05) is 30.3 Å². The number of benzene rings is 2. The molecule has 1 aromatic heterocycles. The minimum absolute atomic E-state index is 0.276. The maximum absolute atomic E-state index is 5.94. The Hall–Kier alpha value is -2.83. The van der Waals surface area contributed by atoms with Crippen molar-refractivity contribution in [1.82, 2.24) is 14.7 Å². The van der Waals surface area contributed by atoms with E-state index >= 15 is 0 Å². The Balaban J connectivity index is 1.40. The van der Waals surface area contributed by atoms with E-state index in [-0.39, 0.29) is 6.79 Å². The molecule has 1 fully saturated rings. The third-order valence-corrected chi connectivity index (χ3v) is 5.90. The molecular formula is C25H29N3O3. The Morgan fingerprint density at radius 2 is 1.94 bits per heavy atom. The molecule has 1 atom stereocenters. The number of nitrogens with zero attached hydrogens (tertiary/aromatic N) is 3. The zero-order valence-electron chi connectivity index (χ0n) is 18.0. The molecule has 6 heteroatoms. The highest BCUT2D eigenvalue weighted by Gasteiger charge is 2.20. The second-order valence-electron chi connectivity index (χ2n) is 8.44. The molecule has 0 spiro atoms. The molecule has 2 aliphatic rings. The van der Waals surface area contributed by atoms with Crippen molar-refractivity contribution >= 4 is 0 Å². The van der Waals surface area contributed by atoms with Gasteiger partial charge in [0.1, 0.15) is 0 Å². The number of rotatable bonds is 7. The number of hydrogen-bond donors (Lipinski definition) is 0. The van der Waals surface area contributed by atoms with E-state index in [1.54, 1.807) is 0 Å². The average molecular weight is 420 g/mol. The fourth-order valence-electron chi connectivity index (χ4n) is 4.37. The van der Waals surface area contributed by atoms with Crippen molar-refractivity contribution in [3.8, 4) is 22.8 Å². The molecule has 0 radical (unpaired) electrons. The van der Waals surface area contributed by atoms with Gasteiger partial charge in [-0.2, -0.15) is 5.10 Å². The lowest BCUT2D eigenvalue weighted by Gasteiger charge is -2.27. The van der Waals surface area contributed by atoms with Crippen LogP contribution < -0.4 is 9.47 Å². The van der Waals surface area contributed by atoms with Gasteiger partial charge in [0.15, 0.2) is 11.5 Å². The Bertz CT molecular complexity index is 1010. The number of likely N-dealkylation sites (N-methyl/N-ethyl adjacent to an activating group) is 1. The Labute approximate surface area is 183 Å². The van der Waals surface area contributed by atoms with Crippen molar-refractivity contribution in [2.75, 3.05) is 27.0 Å². The number of fused-ring (bicyclic) bond motifs is 1. The van der Waals surface area contributed by atoms with Crippen molar-refractivity contribution < 1.29 is 14.2 Å². The van der Waals surface area contributed by atoms with E-state index in [1.165, 1.54) is 24.0 Å². The molecule has 2 aromatic carbocycles. The van der Waals surface area contributed by atoms with Gasteiger partial charge in [-0.25, -0.2) is 0 Å². The van der Waals surface area contributed by atoms with E-state index in [4.69, 9.17) is 19.3 Å². The van der Waals surface area contributed by atoms with Gasteiger partial charge < -0.3 is 14.2 Å². The monoisotopic (exact) mass is 419 g/mol. The van der Waals surface area contributed by atoms with Crippen LogP contribution >= 0.6 is 0 Å². The van der Waals surface area contributed by atoms with Crippen LogP contribution in [-0.2, 0) is 17.8 Å². The van der Waals surface area contributed by atoms with Crippen molar-refractivity contribution in [3.05, 3.63) is 65.9 Å². The molecule has 162 valence electrons. The SMILES string of the molecule is CN(Cc1cn(Cc2ccccc2)nc1-c1ccc2c(c1)OCO2)C[C@@H]1CCCCO1. The van der Waals surface area contributed by atoms with Gasteiger partial charge in [-0.15, -0.1) is 0 Å². The van der Waals surface area contributed by atoms with Gasteiger partial charge >= 0.3 is 0 Å². The summed E-state index contributed by atoms with van der Waals surface area (Å²) in [6.45, 7) is 3.66. The fraction of sp³-hybridized carbons (Fsp3) is 0.400. The van der Waals surface area contributed by atoms with E-state index in [0.717, 1.165) is 55.4 Å². The number of hydrogen-bond acceptors (Lipinski definition) is 5. The lowest BCUT2D eigenvalue weighted by atomic mass is 10.1. The summed E-state index contributed by atoms with van der Waals surface area (Å²) in [7, 11) is 2.16. The summed E-state index contributed by atoms with van der Waals surface area (Å²) in [6.07, 6.45) is 6.08. The fourth-order valence-corrected chi connectivity index (χ4v) is 4.37. The van der Waals surface area contributed by atoms with Crippen LogP contribution in [0.2, 0.25) is 0 Å². The summed E-state index contributed by atoms with van der Waals surface area (Å²) < 4.78 is 19.1. The molecule has 31 heavy (non-hydrogen) atoms. The van der Waals surface area contributed by atoms with Gasteiger partial charge in [0.2, 0.25) is 6.79 Å². The first-order valence-corrected chi connectivity index (χ1v) is 11.0. The van der Waals surface area contributed by atoms with E-state index in [0.29, 0.717) is 6.10 Å². The van der Waals surface area contributed by atoms with Gasteiger partial charge in [0, 0.05) is 37.0 Å². The third kappa shape index (κ3) is 4.75. The smallest absolute Gasteiger partial charge is 0.231 e. The van der Waals surface area contributed by atoms with Crippen molar-refractivity contribution in [3.63, 3.8) is 0 Å². The molecule has 3 heterocycles. The normalized spacial score (nSPS) is 17.9. The molecule has 0 unspecified atom stereocenters. The zero-order chi connectivity index (χ0) is 21.0. The van der Waals surface area contributed by atoms with Crippen LogP contribution in [-0.4, -0.2) is 47.8 Å². The van der Waals surface area contributed by atoms with Gasteiger partial charge in [-0.05, 0) is 50.1 Å². The molecule has 3 aromatic rings. The lowest BCUT2D eigenvalue weighted by Crippen LogP contribution is -2.33. The summed E-state index contributed by atoms with van der Waals surface area (Å²) in [5, 5.41) is 4.96. The number of aromatic nitrogens is 2. The molecule has 0 aliphatic carbocycles. The van der Waals surface area contributed by atoms with Crippen LogP contribution in [0, 0.1) is 0 Å². The van der Waals surface area contributed by atoms with Gasteiger partial charge in [-0.3, -0.25) is 9.58 Å². The first-order chi connectivity index (χ1) is 15.2. The Morgan fingerprint density at radius 1 is 1.06 bits per heavy atom. The second-order valence-corrected chi connectivity index (χ2v) is 8.44. The van der Waals surface area contributed by atoms with Crippen molar-refractivity contribution in [1.29, 1.82) is 0 Å². The molecule has 0 bridgehead atoms. The standard InChI is InChI=1S/C25H29N3O3/c1-27(17-22-9-5-6-12-29-22)15-21-16-28(14-19-7-3-2-4-8-19)26-25(21)20-10-11-23-24(13-20)31-18-30-23/h2-4,7-8,10-11,13,16,22H,5-6,9,12,14-15,17-18H2,1H3/t22-/m0/s1. The lowest BCUT2D eigenvalue weighted by molar-refractivity contribution is -0.00257. The van der Waals surface area contributed by atoms with Crippen LogP contribution in [0.4, 0.5) is 0 Å². The predicted octanol–water partition coefficient (Wildman–Crippen LogP) is 4.33. The summed E-state index contributed by atoms with van der Waals surface area (Å²) in [6, 6.07) is 16.5. The highest BCUT2D eigenvalue weighted by Crippen LogP contribution is 2.36. The predicted molar refractivity (Wildman–Crippen MR) is 119 cm³/mol. The van der Waals surface area contributed by atoms with Crippen LogP contribution in [0.1, 0.15) is 30.4 Å². The topological polar surface area (TPSA) is 48.8 Å². The average Bonchev–Trinajstić information content (AvgIpc) is 3.41.